The first-order valence-electron chi connectivity index (χ1n) is 10.5. The molecule has 5 aromatic rings. The van der Waals surface area contributed by atoms with E-state index in [1.807, 2.05) is 39.0 Å². The smallest absolute Gasteiger partial charge is 0.274 e. The Bertz CT molecular complexity index is 1550. The summed E-state index contributed by atoms with van der Waals surface area (Å²) in [4.78, 5) is 24.4. The highest BCUT2D eigenvalue weighted by Gasteiger charge is 2.20. The second-order valence-electron chi connectivity index (χ2n) is 7.91. The summed E-state index contributed by atoms with van der Waals surface area (Å²) in [6, 6.07) is 10.7. The SMILES string of the molecule is COc1cc2c(cc1-c1c(C)noc1C)[nH]c1nc(C)nc(Nc3cccc(C(=O)NO)c3)c12. The molecule has 2 aromatic carbocycles. The van der Waals surface area contributed by atoms with Crippen LogP contribution in [0.25, 0.3) is 33.1 Å². The average Bonchev–Trinajstić information content (AvgIpc) is 3.35. The summed E-state index contributed by atoms with van der Waals surface area (Å²) < 4.78 is 11.1. The van der Waals surface area contributed by atoms with Crippen molar-refractivity contribution < 1.29 is 19.3 Å². The number of hydroxylamine groups is 1. The van der Waals surface area contributed by atoms with Gasteiger partial charge < -0.3 is 19.6 Å². The Morgan fingerprint density at radius 1 is 1.15 bits per heavy atom. The highest BCUT2D eigenvalue weighted by atomic mass is 16.5. The van der Waals surface area contributed by atoms with E-state index in [0.29, 0.717) is 40.1 Å². The average molecular weight is 458 g/mol. The van der Waals surface area contributed by atoms with Gasteiger partial charge >= 0.3 is 0 Å². The van der Waals surface area contributed by atoms with Gasteiger partial charge in [0.15, 0.2) is 0 Å². The number of rotatable bonds is 5. The number of ether oxygens (including phenoxy) is 1. The van der Waals surface area contributed by atoms with Gasteiger partial charge in [0.25, 0.3) is 5.91 Å². The predicted molar refractivity (Wildman–Crippen MR) is 127 cm³/mol. The van der Waals surface area contributed by atoms with Gasteiger partial charge in [0, 0.05) is 27.7 Å². The normalized spacial score (nSPS) is 11.2. The summed E-state index contributed by atoms with van der Waals surface area (Å²) in [6.45, 7) is 5.57. The molecule has 1 amide bonds. The number of amides is 1. The lowest BCUT2D eigenvalue weighted by atomic mass is 10.0. The van der Waals surface area contributed by atoms with Gasteiger partial charge in [-0.1, -0.05) is 11.2 Å². The summed E-state index contributed by atoms with van der Waals surface area (Å²) in [5, 5.41) is 18.0. The van der Waals surface area contributed by atoms with Crippen LogP contribution in [0.3, 0.4) is 0 Å². The van der Waals surface area contributed by atoms with Crippen LogP contribution in [0.5, 0.6) is 5.75 Å². The van der Waals surface area contributed by atoms with Crippen molar-refractivity contribution >= 4 is 39.3 Å². The molecule has 0 atom stereocenters. The third kappa shape index (κ3) is 3.50. The number of fused-ring (bicyclic) bond motifs is 3. The van der Waals surface area contributed by atoms with Crippen molar-refractivity contribution in [1.29, 1.82) is 0 Å². The number of H-pyrrole nitrogens is 1. The molecular formula is C24H22N6O4. The van der Waals surface area contributed by atoms with Crippen molar-refractivity contribution in [1.82, 2.24) is 25.6 Å². The highest BCUT2D eigenvalue weighted by molar-refractivity contribution is 6.13. The fourth-order valence-corrected chi connectivity index (χ4v) is 4.20. The van der Waals surface area contributed by atoms with Gasteiger partial charge in [-0.15, -0.1) is 0 Å². The summed E-state index contributed by atoms with van der Waals surface area (Å²) in [7, 11) is 1.62. The van der Waals surface area contributed by atoms with Crippen LogP contribution in [0.4, 0.5) is 11.5 Å². The second kappa shape index (κ2) is 8.16. The number of aryl methyl sites for hydroxylation is 3. The van der Waals surface area contributed by atoms with Crippen molar-refractivity contribution in [3.63, 3.8) is 0 Å². The molecule has 10 heteroatoms. The topological polar surface area (TPSA) is 138 Å². The summed E-state index contributed by atoms with van der Waals surface area (Å²) in [6.07, 6.45) is 0. The molecule has 0 fully saturated rings. The van der Waals surface area contributed by atoms with Crippen molar-refractivity contribution in [2.75, 3.05) is 12.4 Å². The van der Waals surface area contributed by atoms with Gasteiger partial charge in [-0.25, -0.2) is 15.4 Å². The van der Waals surface area contributed by atoms with Crippen LogP contribution in [0.1, 0.15) is 27.6 Å². The quantitative estimate of drug-likeness (QED) is 0.222. The predicted octanol–water partition coefficient (Wildman–Crippen LogP) is 4.56. The molecule has 0 saturated heterocycles. The van der Waals surface area contributed by atoms with E-state index in [2.05, 4.69) is 25.4 Å². The number of aromatic amines is 1. The number of hydrogen-bond donors (Lipinski definition) is 4. The zero-order chi connectivity index (χ0) is 24.0. The molecule has 0 spiro atoms. The summed E-state index contributed by atoms with van der Waals surface area (Å²) in [5.41, 5.74) is 6.61. The Labute approximate surface area is 193 Å². The van der Waals surface area contributed by atoms with E-state index in [9.17, 15) is 4.79 Å². The number of nitrogens with one attached hydrogen (secondary N) is 3. The van der Waals surface area contributed by atoms with Crippen LogP contribution in [-0.2, 0) is 0 Å². The van der Waals surface area contributed by atoms with Gasteiger partial charge in [0.1, 0.15) is 28.8 Å². The standard InChI is InChI=1S/C24H22N6O4/c1-11-20(12(2)34-30-11)17-9-18-16(10-19(17)33-4)21-22(25-13(3)26-23(21)28-18)27-15-7-5-6-14(8-15)24(31)29-32/h5-10,32H,1-4H3,(H,29,31)(H2,25,26,27,28). The molecule has 0 radical (unpaired) electrons. The highest BCUT2D eigenvalue weighted by Crippen LogP contribution is 2.41. The Morgan fingerprint density at radius 3 is 2.68 bits per heavy atom. The molecule has 10 nitrogen and oxygen atoms in total. The Balaban J connectivity index is 1.70. The van der Waals surface area contributed by atoms with Gasteiger partial charge in [0.2, 0.25) is 0 Å². The molecule has 0 aliphatic carbocycles. The number of anilines is 2. The van der Waals surface area contributed by atoms with Crippen LogP contribution < -0.4 is 15.5 Å². The molecule has 0 bridgehead atoms. The number of aromatic nitrogens is 4. The van der Waals surface area contributed by atoms with Gasteiger partial charge in [-0.2, -0.15) is 0 Å². The maximum atomic E-state index is 11.8. The van der Waals surface area contributed by atoms with E-state index in [0.717, 1.165) is 33.1 Å². The van der Waals surface area contributed by atoms with E-state index < -0.39 is 5.91 Å². The number of methoxy groups -OCH3 is 1. The Hall–Kier alpha value is -4.44. The molecule has 3 aromatic heterocycles. The zero-order valence-corrected chi connectivity index (χ0v) is 19.0. The molecule has 0 saturated carbocycles. The monoisotopic (exact) mass is 458 g/mol. The van der Waals surface area contributed by atoms with Gasteiger partial charge in [-0.3, -0.25) is 10.0 Å². The number of nitrogens with zero attached hydrogens (tertiary/aromatic N) is 3. The first-order valence-corrected chi connectivity index (χ1v) is 10.5. The van der Waals surface area contributed by atoms with E-state index in [1.165, 1.54) is 0 Å². The summed E-state index contributed by atoms with van der Waals surface area (Å²) in [5.74, 6) is 1.91. The maximum Gasteiger partial charge on any atom is 0.274 e. The lowest BCUT2D eigenvalue weighted by Gasteiger charge is -2.11. The van der Waals surface area contributed by atoms with Crippen LogP contribution >= 0.6 is 0 Å². The van der Waals surface area contributed by atoms with E-state index in [1.54, 1.807) is 30.8 Å². The fraction of sp³-hybridized carbons (Fsp3) is 0.167. The third-order valence-electron chi connectivity index (χ3n) is 5.67. The summed E-state index contributed by atoms with van der Waals surface area (Å²) >= 11 is 0. The maximum absolute atomic E-state index is 11.8. The van der Waals surface area contributed by atoms with Crippen LogP contribution in [0.15, 0.2) is 40.9 Å². The molecule has 5 rings (SSSR count). The molecule has 0 aliphatic rings. The zero-order valence-electron chi connectivity index (χ0n) is 19.0. The van der Waals surface area contributed by atoms with Crippen molar-refractivity contribution in [2.45, 2.75) is 20.8 Å². The van der Waals surface area contributed by atoms with E-state index in [-0.39, 0.29) is 0 Å². The van der Waals surface area contributed by atoms with Crippen molar-refractivity contribution in [2.24, 2.45) is 0 Å². The molecular weight excluding hydrogens is 436 g/mol. The minimum atomic E-state index is -0.601. The Kier molecular flexibility index (Phi) is 5.14. The third-order valence-corrected chi connectivity index (χ3v) is 5.67. The molecule has 4 N–H and O–H groups in total. The van der Waals surface area contributed by atoms with E-state index in [4.69, 9.17) is 14.5 Å². The van der Waals surface area contributed by atoms with Crippen LogP contribution in [0.2, 0.25) is 0 Å². The molecule has 3 heterocycles. The van der Waals surface area contributed by atoms with Crippen LogP contribution in [-0.4, -0.2) is 38.3 Å². The van der Waals surface area contributed by atoms with Crippen molar-refractivity contribution in [3.05, 3.63) is 59.2 Å². The molecule has 172 valence electrons. The number of benzene rings is 2. The second-order valence-corrected chi connectivity index (χ2v) is 7.91. The van der Waals surface area contributed by atoms with Gasteiger partial charge in [0.05, 0.1) is 23.8 Å². The minimum absolute atomic E-state index is 0.305. The first kappa shape index (κ1) is 21.4. The molecule has 0 aliphatic heterocycles. The van der Waals surface area contributed by atoms with E-state index >= 15 is 0 Å². The largest absolute Gasteiger partial charge is 0.496 e. The first-order chi connectivity index (χ1) is 16.4. The molecule has 0 unspecified atom stereocenters. The lowest BCUT2D eigenvalue weighted by Crippen LogP contribution is -2.18. The van der Waals surface area contributed by atoms with Gasteiger partial charge in [-0.05, 0) is 51.1 Å². The van der Waals surface area contributed by atoms with Crippen molar-refractivity contribution in [3.8, 4) is 16.9 Å². The minimum Gasteiger partial charge on any atom is -0.496 e. The molecule has 34 heavy (non-hydrogen) atoms. The fourth-order valence-electron chi connectivity index (χ4n) is 4.20. The number of carbonyl (C=O) groups excluding carboxylic acids is 1. The number of carbonyl (C=O) groups is 1. The van der Waals surface area contributed by atoms with Crippen LogP contribution in [0, 0.1) is 20.8 Å². The Morgan fingerprint density at radius 2 is 1.97 bits per heavy atom. The lowest BCUT2D eigenvalue weighted by molar-refractivity contribution is 0.0706. The number of hydrogen-bond acceptors (Lipinski definition) is 8.